The van der Waals surface area contributed by atoms with E-state index in [4.69, 9.17) is 0 Å². The van der Waals surface area contributed by atoms with Crippen molar-refractivity contribution in [2.24, 2.45) is 4.99 Å². The minimum atomic E-state index is 0.749. The quantitative estimate of drug-likeness (QED) is 0.649. The van der Waals surface area contributed by atoms with Gasteiger partial charge in [0.05, 0.1) is 6.54 Å². The lowest BCUT2D eigenvalue weighted by molar-refractivity contribution is 0.727. The Labute approximate surface area is 125 Å². The molecule has 0 aromatic carbocycles. The number of thiophene rings is 1. The van der Waals surface area contributed by atoms with E-state index in [-0.39, 0.29) is 0 Å². The molecule has 0 bridgehead atoms. The zero-order chi connectivity index (χ0) is 12.8. The van der Waals surface area contributed by atoms with E-state index < -0.39 is 0 Å². The topological polar surface area (TPSA) is 36.4 Å². The molecule has 2 N–H and O–H groups in total. The van der Waals surface area contributed by atoms with Crippen LogP contribution < -0.4 is 10.6 Å². The third kappa shape index (κ3) is 4.48. The lowest BCUT2D eigenvalue weighted by Gasteiger charge is -2.14. The summed E-state index contributed by atoms with van der Waals surface area (Å²) in [5.41, 5.74) is 0. The first kappa shape index (κ1) is 14.2. The highest BCUT2D eigenvalue weighted by Gasteiger charge is 2.15. The lowest BCUT2D eigenvalue weighted by atomic mass is 10.2. The van der Waals surface area contributed by atoms with E-state index in [0.717, 1.165) is 28.8 Å². The Bertz CT molecular complexity index is 400. The zero-order valence-corrected chi connectivity index (χ0v) is 13.6. The summed E-state index contributed by atoms with van der Waals surface area (Å²) in [6, 6.07) is 2.14. The van der Waals surface area contributed by atoms with Gasteiger partial charge in [0, 0.05) is 33.6 Å². The highest BCUT2D eigenvalue weighted by atomic mass is 79.9. The van der Waals surface area contributed by atoms with E-state index in [0.29, 0.717) is 0 Å². The summed E-state index contributed by atoms with van der Waals surface area (Å²) < 4.78 is 1.15. The van der Waals surface area contributed by atoms with Crippen molar-refractivity contribution in [2.75, 3.05) is 19.3 Å². The van der Waals surface area contributed by atoms with Crippen molar-refractivity contribution in [3.05, 3.63) is 20.8 Å². The van der Waals surface area contributed by atoms with Crippen LogP contribution in [0.2, 0.25) is 0 Å². The largest absolute Gasteiger partial charge is 0.355 e. The van der Waals surface area contributed by atoms with Crippen molar-refractivity contribution in [2.45, 2.75) is 24.6 Å². The second kappa shape index (κ2) is 7.40. The molecule has 100 valence electrons. The van der Waals surface area contributed by atoms with Crippen molar-refractivity contribution < 1.29 is 0 Å². The fourth-order valence-corrected chi connectivity index (χ4v) is 4.45. The first-order chi connectivity index (χ1) is 8.78. The highest BCUT2D eigenvalue weighted by Crippen LogP contribution is 2.25. The van der Waals surface area contributed by atoms with Crippen LogP contribution in [0.5, 0.6) is 0 Å². The Hall–Kier alpha value is -0.200. The van der Waals surface area contributed by atoms with Crippen LogP contribution in [0.4, 0.5) is 0 Å². The van der Waals surface area contributed by atoms with Gasteiger partial charge in [-0.3, -0.25) is 4.99 Å². The number of thioether (sulfide) groups is 1. The Morgan fingerprint density at radius 1 is 1.56 bits per heavy atom. The first-order valence-corrected chi connectivity index (χ1v) is 8.79. The summed E-state index contributed by atoms with van der Waals surface area (Å²) >= 11 is 7.28. The molecule has 1 atom stereocenters. The van der Waals surface area contributed by atoms with Crippen molar-refractivity contribution in [3.63, 3.8) is 0 Å². The predicted octanol–water partition coefficient (Wildman–Crippen LogP) is 3.07. The molecule has 2 rings (SSSR count). The minimum Gasteiger partial charge on any atom is -0.355 e. The summed E-state index contributed by atoms with van der Waals surface area (Å²) in [5, 5.41) is 9.59. The molecule has 1 aliphatic heterocycles. The molecule has 1 aliphatic rings. The zero-order valence-electron chi connectivity index (χ0n) is 10.4. The molecule has 0 aliphatic carbocycles. The smallest absolute Gasteiger partial charge is 0.191 e. The molecule has 0 amide bonds. The standard InChI is InChI=1S/C12H18BrN3S2/c1-14-12(15-6-10-3-2-4-17-10)16-7-11-5-9(13)8-18-11/h5,8,10H,2-4,6-7H2,1H3,(H2,14,15,16). The molecule has 1 unspecified atom stereocenters. The SMILES string of the molecule is CN=C(NCc1cc(Br)cs1)NCC1CCCS1. The summed E-state index contributed by atoms with van der Waals surface area (Å²) in [6.07, 6.45) is 2.68. The molecule has 1 aromatic rings. The summed E-state index contributed by atoms with van der Waals surface area (Å²) in [5.74, 6) is 2.20. The van der Waals surface area contributed by atoms with Crippen LogP contribution in [0, 0.1) is 0 Å². The molecule has 18 heavy (non-hydrogen) atoms. The number of halogens is 1. The van der Waals surface area contributed by atoms with Gasteiger partial charge in [-0.25, -0.2) is 0 Å². The molecule has 0 radical (unpaired) electrons. The Morgan fingerprint density at radius 3 is 3.06 bits per heavy atom. The number of nitrogens with zero attached hydrogens (tertiary/aromatic N) is 1. The molecular formula is C12H18BrN3S2. The second-order valence-corrected chi connectivity index (χ2v) is 7.49. The normalized spacial score (nSPS) is 20.1. The number of hydrogen-bond acceptors (Lipinski definition) is 3. The number of rotatable bonds is 4. The average molecular weight is 348 g/mol. The highest BCUT2D eigenvalue weighted by molar-refractivity contribution is 9.10. The van der Waals surface area contributed by atoms with Crippen LogP contribution in [0.3, 0.4) is 0 Å². The average Bonchev–Trinajstić information content (AvgIpc) is 3.01. The molecule has 1 aromatic heterocycles. The number of aliphatic imine (C=N–C) groups is 1. The van der Waals surface area contributed by atoms with E-state index >= 15 is 0 Å². The van der Waals surface area contributed by atoms with Crippen molar-refractivity contribution in [1.82, 2.24) is 10.6 Å². The van der Waals surface area contributed by atoms with E-state index in [1.165, 1.54) is 23.5 Å². The first-order valence-electron chi connectivity index (χ1n) is 6.07. The molecule has 0 spiro atoms. The maximum atomic E-state index is 4.25. The summed E-state index contributed by atoms with van der Waals surface area (Å²) in [4.78, 5) is 5.55. The van der Waals surface area contributed by atoms with Gasteiger partial charge in [-0.1, -0.05) is 0 Å². The fraction of sp³-hybridized carbons (Fsp3) is 0.583. The van der Waals surface area contributed by atoms with Crippen molar-refractivity contribution >= 4 is 45.0 Å². The van der Waals surface area contributed by atoms with Crippen LogP contribution in [-0.2, 0) is 6.54 Å². The number of hydrogen-bond donors (Lipinski definition) is 2. The Morgan fingerprint density at radius 2 is 2.44 bits per heavy atom. The van der Waals surface area contributed by atoms with Gasteiger partial charge in [0.2, 0.25) is 0 Å². The monoisotopic (exact) mass is 347 g/mol. The third-order valence-corrected chi connectivity index (χ3v) is 5.89. The van der Waals surface area contributed by atoms with E-state index in [1.54, 1.807) is 11.3 Å². The molecule has 3 nitrogen and oxygen atoms in total. The maximum Gasteiger partial charge on any atom is 0.191 e. The molecule has 6 heteroatoms. The van der Waals surface area contributed by atoms with Crippen LogP contribution >= 0.6 is 39.0 Å². The third-order valence-electron chi connectivity index (χ3n) is 2.80. The van der Waals surface area contributed by atoms with Gasteiger partial charge in [0.25, 0.3) is 0 Å². The van der Waals surface area contributed by atoms with Crippen LogP contribution in [0.1, 0.15) is 17.7 Å². The molecule has 1 saturated heterocycles. The number of nitrogens with one attached hydrogen (secondary N) is 2. The minimum absolute atomic E-state index is 0.749. The maximum absolute atomic E-state index is 4.25. The van der Waals surface area contributed by atoms with Crippen LogP contribution in [-0.4, -0.2) is 30.6 Å². The summed E-state index contributed by atoms with van der Waals surface area (Å²) in [7, 11) is 1.82. The Balaban J connectivity index is 1.72. The van der Waals surface area contributed by atoms with Gasteiger partial charge >= 0.3 is 0 Å². The lowest BCUT2D eigenvalue weighted by Crippen LogP contribution is -2.39. The van der Waals surface area contributed by atoms with Gasteiger partial charge in [-0.05, 0) is 40.6 Å². The van der Waals surface area contributed by atoms with E-state index in [2.05, 4.69) is 54.8 Å². The van der Waals surface area contributed by atoms with Crippen molar-refractivity contribution in [1.29, 1.82) is 0 Å². The summed E-state index contributed by atoms with van der Waals surface area (Å²) in [6.45, 7) is 1.84. The molecule has 0 saturated carbocycles. The molecule has 2 heterocycles. The van der Waals surface area contributed by atoms with Gasteiger partial charge in [-0.2, -0.15) is 11.8 Å². The van der Waals surface area contributed by atoms with E-state index in [9.17, 15) is 0 Å². The van der Waals surface area contributed by atoms with Crippen LogP contribution in [0.25, 0.3) is 0 Å². The molecule has 1 fully saturated rings. The fourth-order valence-electron chi connectivity index (χ4n) is 1.85. The van der Waals surface area contributed by atoms with Gasteiger partial charge < -0.3 is 10.6 Å². The van der Waals surface area contributed by atoms with Crippen molar-refractivity contribution in [3.8, 4) is 0 Å². The van der Waals surface area contributed by atoms with Gasteiger partial charge in [0.15, 0.2) is 5.96 Å². The number of guanidine groups is 1. The van der Waals surface area contributed by atoms with Gasteiger partial charge in [0.1, 0.15) is 0 Å². The van der Waals surface area contributed by atoms with Crippen LogP contribution in [0.15, 0.2) is 20.9 Å². The van der Waals surface area contributed by atoms with Gasteiger partial charge in [-0.15, -0.1) is 11.3 Å². The second-order valence-electron chi connectivity index (χ2n) is 4.17. The van der Waals surface area contributed by atoms with E-state index in [1.807, 2.05) is 7.05 Å². The Kier molecular flexibility index (Phi) is 5.85. The molecular weight excluding hydrogens is 330 g/mol. The predicted molar refractivity (Wildman–Crippen MR) is 85.7 cm³/mol.